The van der Waals surface area contributed by atoms with Crippen LogP contribution in [0, 0.1) is 0 Å². The molecule has 0 saturated carbocycles. The lowest BCUT2D eigenvalue weighted by molar-refractivity contribution is -0.167. The van der Waals surface area contributed by atoms with Crippen LogP contribution in [0.1, 0.15) is 245 Å². The smallest absolute Gasteiger partial charge is 0.306 e. The molecule has 6 heteroatoms. The Morgan fingerprint density at radius 2 is 0.603 bits per heavy atom. The summed E-state index contributed by atoms with van der Waals surface area (Å²) in [7, 11) is 0. The van der Waals surface area contributed by atoms with Crippen molar-refractivity contribution in [1.82, 2.24) is 0 Å². The summed E-state index contributed by atoms with van der Waals surface area (Å²) < 4.78 is 16.8. The molecule has 0 aromatic heterocycles. The molecule has 0 amide bonds. The summed E-state index contributed by atoms with van der Waals surface area (Å²) in [6, 6.07) is 0. The Kier molecular flexibility index (Phi) is 52.4. The monoisotopic (exact) mass is 943 g/mol. The molecular weight excluding hydrogens is 841 g/mol. The van der Waals surface area contributed by atoms with Crippen LogP contribution in [0.3, 0.4) is 0 Å². The van der Waals surface area contributed by atoms with E-state index in [1.807, 2.05) is 0 Å². The van der Waals surface area contributed by atoms with Crippen molar-refractivity contribution >= 4 is 17.9 Å². The van der Waals surface area contributed by atoms with Gasteiger partial charge >= 0.3 is 17.9 Å². The first-order valence-corrected chi connectivity index (χ1v) is 27.9. The van der Waals surface area contributed by atoms with E-state index in [0.29, 0.717) is 25.7 Å². The summed E-state index contributed by atoms with van der Waals surface area (Å²) in [4.78, 5) is 38.1. The second kappa shape index (κ2) is 55.7. The molecule has 0 radical (unpaired) electrons. The fraction of sp³-hybridized carbons (Fsp3) is 0.661. The Morgan fingerprint density at radius 3 is 1.00 bits per heavy atom. The molecule has 0 aliphatic heterocycles. The van der Waals surface area contributed by atoms with E-state index in [-0.39, 0.29) is 31.1 Å². The van der Waals surface area contributed by atoms with Gasteiger partial charge in [0.1, 0.15) is 13.2 Å². The maximum Gasteiger partial charge on any atom is 0.306 e. The lowest BCUT2D eigenvalue weighted by Gasteiger charge is -2.18. The molecule has 0 heterocycles. The normalized spacial score (nSPS) is 12.9. The van der Waals surface area contributed by atoms with Crippen molar-refractivity contribution in [3.8, 4) is 0 Å². The molecule has 0 aromatic rings. The van der Waals surface area contributed by atoms with Crippen LogP contribution < -0.4 is 0 Å². The molecule has 0 saturated heterocycles. The standard InChI is InChI=1S/C62H102O6/c1-4-7-10-13-16-19-22-25-27-29-30-31-32-33-35-37-40-43-46-49-52-55-61(64)67-58-59(57-66-60(63)54-51-48-45-42-39-36-24-21-18-15-12-9-6-3)68-62(65)56-53-50-47-44-41-38-34-28-26-23-20-17-14-11-8-5-2/h7,10,12,15-16,19,21,24-25,27-28,30-31,33-35,40,43,59H,4-6,8-9,11,13-14,17-18,20,22-23,26,29,32,36-39,41-42,44-58H2,1-3H3/b10-7-,15-12-,19-16-,24-21-,27-25-,31-30-,34-28-,35-33-,43-40-. The van der Waals surface area contributed by atoms with Crippen LogP contribution in [0.5, 0.6) is 0 Å². The summed E-state index contributed by atoms with van der Waals surface area (Å²) in [5.41, 5.74) is 0. The Labute approximate surface area is 419 Å². The van der Waals surface area contributed by atoms with Gasteiger partial charge in [-0.25, -0.2) is 0 Å². The van der Waals surface area contributed by atoms with Gasteiger partial charge in [-0.3, -0.25) is 14.4 Å². The van der Waals surface area contributed by atoms with E-state index in [0.717, 1.165) is 135 Å². The number of unbranched alkanes of at least 4 members (excludes halogenated alkanes) is 20. The Balaban J connectivity index is 4.49. The van der Waals surface area contributed by atoms with Crippen molar-refractivity contribution in [3.63, 3.8) is 0 Å². The summed E-state index contributed by atoms with van der Waals surface area (Å²) in [5, 5.41) is 0. The van der Waals surface area contributed by atoms with Gasteiger partial charge in [0.2, 0.25) is 0 Å². The second-order valence-electron chi connectivity index (χ2n) is 18.1. The molecule has 0 aliphatic rings. The molecule has 68 heavy (non-hydrogen) atoms. The van der Waals surface area contributed by atoms with Gasteiger partial charge in [-0.1, -0.05) is 214 Å². The molecule has 0 bridgehead atoms. The molecule has 0 aliphatic carbocycles. The highest BCUT2D eigenvalue weighted by Crippen LogP contribution is 2.13. The van der Waals surface area contributed by atoms with Gasteiger partial charge in [-0.15, -0.1) is 0 Å². The molecule has 386 valence electrons. The number of hydrogen-bond donors (Lipinski definition) is 0. The zero-order valence-electron chi connectivity index (χ0n) is 44.1. The number of hydrogen-bond acceptors (Lipinski definition) is 6. The lowest BCUT2D eigenvalue weighted by atomic mass is 10.1. The second-order valence-corrected chi connectivity index (χ2v) is 18.1. The van der Waals surface area contributed by atoms with Crippen molar-refractivity contribution in [2.45, 2.75) is 252 Å². The van der Waals surface area contributed by atoms with Gasteiger partial charge in [0.15, 0.2) is 6.10 Å². The fourth-order valence-corrected chi connectivity index (χ4v) is 7.30. The maximum absolute atomic E-state index is 12.8. The zero-order valence-corrected chi connectivity index (χ0v) is 44.1. The van der Waals surface area contributed by atoms with Crippen LogP contribution in [-0.4, -0.2) is 37.2 Å². The van der Waals surface area contributed by atoms with Crippen molar-refractivity contribution in [3.05, 3.63) is 109 Å². The average molecular weight is 943 g/mol. The van der Waals surface area contributed by atoms with E-state index in [2.05, 4.69) is 130 Å². The average Bonchev–Trinajstić information content (AvgIpc) is 3.34. The van der Waals surface area contributed by atoms with Gasteiger partial charge in [0.25, 0.3) is 0 Å². The van der Waals surface area contributed by atoms with Crippen LogP contribution in [-0.2, 0) is 28.6 Å². The van der Waals surface area contributed by atoms with E-state index in [9.17, 15) is 14.4 Å². The van der Waals surface area contributed by atoms with E-state index < -0.39 is 6.10 Å². The van der Waals surface area contributed by atoms with Gasteiger partial charge in [0, 0.05) is 19.3 Å². The fourth-order valence-electron chi connectivity index (χ4n) is 7.30. The lowest BCUT2D eigenvalue weighted by Crippen LogP contribution is -2.30. The first-order chi connectivity index (χ1) is 33.5. The molecule has 6 nitrogen and oxygen atoms in total. The van der Waals surface area contributed by atoms with Gasteiger partial charge < -0.3 is 14.2 Å². The van der Waals surface area contributed by atoms with Gasteiger partial charge in [-0.05, 0) is 122 Å². The molecule has 0 rings (SSSR count). The van der Waals surface area contributed by atoms with Crippen LogP contribution >= 0.6 is 0 Å². The minimum atomic E-state index is -0.808. The predicted molar refractivity (Wildman–Crippen MR) is 293 cm³/mol. The predicted octanol–water partition coefficient (Wildman–Crippen LogP) is 18.7. The number of carbonyl (C=O) groups is 3. The first-order valence-electron chi connectivity index (χ1n) is 27.9. The van der Waals surface area contributed by atoms with Gasteiger partial charge in [-0.2, -0.15) is 0 Å². The summed E-state index contributed by atoms with van der Waals surface area (Å²) >= 11 is 0. The van der Waals surface area contributed by atoms with Crippen LogP contribution in [0.4, 0.5) is 0 Å². The van der Waals surface area contributed by atoms with Crippen molar-refractivity contribution in [2.75, 3.05) is 13.2 Å². The molecular formula is C62H102O6. The van der Waals surface area contributed by atoms with E-state index in [4.69, 9.17) is 14.2 Å². The Hall–Kier alpha value is -3.93. The van der Waals surface area contributed by atoms with E-state index >= 15 is 0 Å². The third-order valence-corrected chi connectivity index (χ3v) is 11.5. The van der Waals surface area contributed by atoms with E-state index in [1.54, 1.807) is 0 Å². The molecule has 0 aromatic carbocycles. The topological polar surface area (TPSA) is 78.9 Å². The molecule has 1 unspecified atom stereocenters. The molecule has 1 atom stereocenters. The van der Waals surface area contributed by atoms with Crippen molar-refractivity contribution < 1.29 is 28.6 Å². The molecule has 0 N–H and O–H groups in total. The van der Waals surface area contributed by atoms with Crippen LogP contribution in [0.25, 0.3) is 0 Å². The summed E-state index contributed by atoms with van der Waals surface area (Å²) in [6.07, 6.45) is 75.0. The van der Waals surface area contributed by atoms with Crippen molar-refractivity contribution in [2.24, 2.45) is 0 Å². The minimum Gasteiger partial charge on any atom is -0.462 e. The number of esters is 3. The number of allylic oxidation sites excluding steroid dienone is 18. The highest BCUT2D eigenvalue weighted by molar-refractivity contribution is 5.71. The highest BCUT2D eigenvalue weighted by atomic mass is 16.6. The van der Waals surface area contributed by atoms with E-state index in [1.165, 1.54) is 64.2 Å². The van der Waals surface area contributed by atoms with Crippen LogP contribution in [0.15, 0.2) is 109 Å². The summed E-state index contributed by atoms with van der Waals surface area (Å²) in [6.45, 7) is 6.40. The minimum absolute atomic E-state index is 0.104. The first kappa shape index (κ1) is 64.1. The highest BCUT2D eigenvalue weighted by Gasteiger charge is 2.19. The summed E-state index contributed by atoms with van der Waals surface area (Å²) in [5.74, 6) is -0.972. The molecule has 0 spiro atoms. The van der Waals surface area contributed by atoms with Crippen molar-refractivity contribution in [1.29, 1.82) is 0 Å². The number of carbonyl (C=O) groups excluding carboxylic acids is 3. The van der Waals surface area contributed by atoms with Gasteiger partial charge in [0.05, 0.1) is 0 Å². The SMILES string of the molecule is CC/C=C\C/C=C\C/C=C\C/C=C\C/C=C\C/C=C\CCCCC(=O)OCC(COC(=O)CCCCCCC/C=C\C/C=C\CCC)OC(=O)CCCCCCC/C=C\CCCCCCCCC. The quantitative estimate of drug-likeness (QED) is 0.0262. The third kappa shape index (κ3) is 53.0. The van der Waals surface area contributed by atoms with Crippen LogP contribution in [0.2, 0.25) is 0 Å². The maximum atomic E-state index is 12.8. The zero-order chi connectivity index (χ0) is 49.3. The Morgan fingerprint density at radius 1 is 0.309 bits per heavy atom. The number of ether oxygens (including phenoxy) is 3. The Bertz CT molecular complexity index is 1410. The molecule has 0 fully saturated rings. The largest absolute Gasteiger partial charge is 0.462 e. The number of rotatable bonds is 49. The third-order valence-electron chi connectivity index (χ3n) is 11.5.